The van der Waals surface area contributed by atoms with Crippen LogP contribution in [0.1, 0.15) is 45.0 Å². The number of rotatable bonds is 5. The lowest BCUT2D eigenvalue weighted by molar-refractivity contribution is -0.116. The molecule has 5 heteroatoms. The molecule has 0 spiro atoms. The van der Waals surface area contributed by atoms with E-state index in [9.17, 15) is 14.4 Å². The maximum absolute atomic E-state index is 11.6. The van der Waals surface area contributed by atoms with E-state index in [0.717, 1.165) is 0 Å². The summed E-state index contributed by atoms with van der Waals surface area (Å²) in [5, 5.41) is 0. The number of hydrogen-bond donors (Lipinski definition) is 0. The van der Waals surface area contributed by atoms with Gasteiger partial charge in [-0.05, 0) is 31.5 Å². The van der Waals surface area contributed by atoms with Crippen LogP contribution < -0.4 is 0 Å². The van der Waals surface area contributed by atoms with Gasteiger partial charge in [-0.25, -0.2) is 4.79 Å². The van der Waals surface area contributed by atoms with Crippen LogP contribution in [0.25, 0.3) is 0 Å². The lowest BCUT2D eigenvalue weighted by atomic mass is 10.0. The first-order valence-electron chi connectivity index (χ1n) is 5.42. The molecule has 0 fully saturated rings. The Balaban J connectivity index is 3.21. The fourth-order valence-electron chi connectivity index (χ4n) is 1.46. The first-order chi connectivity index (χ1) is 8.51. The molecule has 0 bridgehead atoms. The fourth-order valence-corrected chi connectivity index (χ4v) is 1.86. The summed E-state index contributed by atoms with van der Waals surface area (Å²) in [4.78, 5) is 33.2. The van der Waals surface area contributed by atoms with Gasteiger partial charge in [0.15, 0.2) is 0 Å². The Kier molecular flexibility index (Phi) is 5.22. The molecule has 0 amide bonds. The van der Waals surface area contributed by atoms with Crippen LogP contribution in [0, 0.1) is 0 Å². The molecule has 1 unspecified atom stereocenters. The van der Waals surface area contributed by atoms with Crippen molar-refractivity contribution < 1.29 is 19.1 Å². The van der Waals surface area contributed by atoms with Gasteiger partial charge in [0.05, 0.1) is 17.0 Å². The molecular weight excluding hydrogens is 300 g/mol. The van der Waals surface area contributed by atoms with Crippen molar-refractivity contribution in [1.82, 2.24) is 0 Å². The first-order valence-corrected chi connectivity index (χ1v) is 6.33. The minimum atomic E-state index is -0.605. The number of ether oxygens (including phenoxy) is 1. The Morgan fingerprint density at radius 1 is 1.44 bits per heavy atom. The summed E-state index contributed by atoms with van der Waals surface area (Å²) < 4.78 is 4.87. The summed E-state index contributed by atoms with van der Waals surface area (Å²) in [6, 6.07) is 4.51. The molecule has 0 aliphatic carbocycles. The van der Waals surface area contributed by atoms with E-state index in [1.54, 1.807) is 6.92 Å². The maximum Gasteiger partial charge on any atom is 0.338 e. The number of ketones is 1. The Hall–Kier alpha value is -1.49. The van der Waals surface area contributed by atoms with Crippen LogP contribution in [0.5, 0.6) is 0 Å². The molecule has 0 heterocycles. The largest absolute Gasteiger partial charge is 0.462 e. The number of carbonyl (C=O) groups excluding carboxylic acids is 3. The van der Waals surface area contributed by atoms with Crippen LogP contribution in [-0.4, -0.2) is 24.6 Å². The second-order valence-corrected chi connectivity index (χ2v) is 4.57. The van der Waals surface area contributed by atoms with Gasteiger partial charge in [-0.3, -0.25) is 9.59 Å². The number of carbonyl (C=O) groups is 3. The van der Waals surface area contributed by atoms with Crippen molar-refractivity contribution in [3.05, 3.63) is 34.9 Å². The zero-order chi connectivity index (χ0) is 13.7. The van der Waals surface area contributed by atoms with Crippen LogP contribution >= 0.6 is 15.9 Å². The highest BCUT2D eigenvalue weighted by Gasteiger charge is 2.19. The van der Waals surface area contributed by atoms with Crippen molar-refractivity contribution in [3.63, 3.8) is 0 Å². The maximum atomic E-state index is 11.6. The Labute approximate surface area is 113 Å². The Morgan fingerprint density at radius 3 is 2.61 bits per heavy atom. The third-order valence-electron chi connectivity index (χ3n) is 2.35. The van der Waals surface area contributed by atoms with Crippen molar-refractivity contribution in [1.29, 1.82) is 0 Å². The number of esters is 1. The van der Waals surface area contributed by atoms with E-state index in [1.807, 2.05) is 0 Å². The molecule has 1 rings (SSSR count). The zero-order valence-electron chi connectivity index (χ0n) is 10.1. The fraction of sp³-hybridized carbons (Fsp3) is 0.308. The predicted molar refractivity (Wildman–Crippen MR) is 70.1 cm³/mol. The van der Waals surface area contributed by atoms with Crippen molar-refractivity contribution in [2.75, 3.05) is 6.61 Å². The molecule has 18 heavy (non-hydrogen) atoms. The summed E-state index contributed by atoms with van der Waals surface area (Å²) in [7, 11) is 0. The number of hydrogen-bond acceptors (Lipinski definition) is 4. The molecule has 0 radical (unpaired) electrons. The third kappa shape index (κ3) is 3.26. The smallest absolute Gasteiger partial charge is 0.338 e. The SMILES string of the molecule is CCOC(=O)c1ccc(C=O)c(C(Br)C(C)=O)c1. The van der Waals surface area contributed by atoms with Crippen LogP contribution in [0.3, 0.4) is 0 Å². The van der Waals surface area contributed by atoms with Crippen LogP contribution in [0.15, 0.2) is 18.2 Å². The lowest BCUT2D eigenvalue weighted by Crippen LogP contribution is -2.09. The molecule has 0 saturated carbocycles. The number of Topliss-reactive ketones (excluding diaryl/α,β-unsaturated/α-hetero) is 1. The summed E-state index contributed by atoms with van der Waals surface area (Å²) in [5.74, 6) is -0.612. The highest BCUT2D eigenvalue weighted by Crippen LogP contribution is 2.27. The average Bonchev–Trinajstić information content (AvgIpc) is 2.37. The van der Waals surface area contributed by atoms with Crippen molar-refractivity contribution in [2.24, 2.45) is 0 Å². The quantitative estimate of drug-likeness (QED) is 0.476. The predicted octanol–water partition coefficient (Wildman–Crippen LogP) is 2.70. The molecule has 4 nitrogen and oxygen atoms in total. The number of benzene rings is 1. The molecular formula is C13H13BrO4. The van der Waals surface area contributed by atoms with Gasteiger partial charge in [0, 0.05) is 5.56 Å². The number of halogens is 1. The molecule has 96 valence electrons. The van der Waals surface area contributed by atoms with E-state index in [4.69, 9.17) is 4.74 Å². The molecule has 0 N–H and O–H groups in total. The van der Waals surface area contributed by atoms with E-state index in [2.05, 4.69) is 15.9 Å². The van der Waals surface area contributed by atoms with Gasteiger partial charge in [-0.1, -0.05) is 22.0 Å². The van der Waals surface area contributed by atoms with Crippen LogP contribution in [0.2, 0.25) is 0 Å². The normalized spacial score (nSPS) is 11.7. The van der Waals surface area contributed by atoms with Crippen molar-refractivity contribution in [2.45, 2.75) is 18.7 Å². The minimum Gasteiger partial charge on any atom is -0.462 e. The van der Waals surface area contributed by atoms with Gasteiger partial charge in [0.2, 0.25) is 0 Å². The van der Waals surface area contributed by atoms with Gasteiger partial charge < -0.3 is 4.74 Å². The molecule has 0 aromatic heterocycles. The average molecular weight is 313 g/mol. The second kappa shape index (κ2) is 6.44. The topological polar surface area (TPSA) is 60.4 Å². The summed E-state index contributed by atoms with van der Waals surface area (Å²) in [5.41, 5.74) is 1.17. The third-order valence-corrected chi connectivity index (χ3v) is 3.49. The van der Waals surface area contributed by atoms with Crippen molar-refractivity contribution >= 4 is 34.0 Å². The highest BCUT2D eigenvalue weighted by atomic mass is 79.9. The second-order valence-electron chi connectivity index (χ2n) is 3.66. The van der Waals surface area contributed by atoms with Gasteiger partial charge in [-0.2, -0.15) is 0 Å². The Morgan fingerprint density at radius 2 is 2.11 bits per heavy atom. The van der Waals surface area contributed by atoms with E-state index >= 15 is 0 Å². The van der Waals surface area contributed by atoms with Gasteiger partial charge >= 0.3 is 5.97 Å². The molecule has 0 saturated heterocycles. The zero-order valence-corrected chi connectivity index (χ0v) is 11.7. The number of alkyl halides is 1. The standard InChI is InChI=1S/C13H13BrO4/c1-3-18-13(17)9-4-5-10(7-15)11(6-9)12(14)8(2)16/h4-7,12H,3H2,1-2H3. The van der Waals surface area contributed by atoms with Crippen LogP contribution in [0.4, 0.5) is 0 Å². The molecule has 1 aromatic rings. The van der Waals surface area contributed by atoms with Gasteiger partial charge in [-0.15, -0.1) is 0 Å². The Bertz CT molecular complexity index is 482. The van der Waals surface area contributed by atoms with E-state index < -0.39 is 10.8 Å². The lowest BCUT2D eigenvalue weighted by Gasteiger charge is -2.11. The minimum absolute atomic E-state index is 0.140. The number of aldehydes is 1. The van der Waals surface area contributed by atoms with Crippen LogP contribution in [-0.2, 0) is 9.53 Å². The molecule has 1 aromatic carbocycles. The van der Waals surface area contributed by atoms with E-state index in [0.29, 0.717) is 23.0 Å². The van der Waals surface area contributed by atoms with Crippen molar-refractivity contribution in [3.8, 4) is 0 Å². The van der Waals surface area contributed by atoms with E-state index in [1.165, 1.54) is 25.1 Å². The highest BCUT2D eigenvalue weighted by molar-refractivity contribution is 9.09. The molecule has 1 atom stereocenters. The molecule has 0 aliphatic rings. The monoisotopic (exact) mass is 312 g/mol. The van der Waals surface area contributed by atoms with Gasteiger partial charge in [0.25, 0.3) is 0 Å². The first kappa shape index (κ1) is 14.6. The summed E-state index contributed by atoms with van der Waals surface area (Å²) >= 11 is 3.20. The molecule has 0 aliphatic heterocycles. The summed E-state index contributed by atoms with van der Waals surface area (Å²) in [6.07, 6.45) is 0.654. The summed E-state index contributed by atoms with van der Waals surface area (Å²) in [6.45, 7) is 3.39. The van der Waals surface area contributed by atoms with Gasteiger partial charge in [0.1, 0.15) is 12.1 Å². The van der Waals surface area contributed by atoms with E-state index in [-0.39, 0.29) is 12.4 Å².